The van der Waals surface area contributed by atoms with Crippen molar-refractivity contribution in [2.24, 2.45) is 5.92 Å². The molecule has 2 N–H and O–H groups in total. The van der Waals surface area contributed by atoms with E-state index in [9.17, 15) is 8.42 Å². The molecular weight excluding hydrogens is 200 g/mol. The first-order valence-corrected chi connectivity index (χ1v) is 6.85. The van der Waals surface area contributed by atoms with Crippen LogP contribution in [0.25, 0.3) is 0 Å². The molecule has 1 rings (SSSR count). The van der Waals surface area contributed by atoms with Crippen LogP contribution in [-0.2, 0) is 10.0 Å². The Morgan fingerprint density at radius 1 is 1.50 bits per heavy atom. The van der Waals surface area contributed by atoms with Crippen molar-refractivity contribution in [1.82, 2.24) is 10.0 Å². The first-order valence-electron chi connectivity index (χ1n) is 5.20. The molecule has 0 bridgehead atoms. The zero-order valence-corrected chi connectivity index (χ0v) is 9.73. The summed E-state index contributed by atoms with van der Waals surface area (Å²) in [6.45, 7) is 5.57. The van der Waals surface area contributed by atoms with E-state index in [0.717, 1.165) is 19.4 Å². The lowest BCUT2D eigenvalue weighted by Gasteiger charge is -2.27. The molecule has 1 atom stereocenters. The van der Waals surface area contributed by atoms with Crippen molar-refractivity contribution < 1.29 is 8.42 Å². The fraction of sp³-hybridized carbons (Fsp3) is 1.00. The summed E-state index contributed by atoms with van der Waals surface area (Å²) in [5.74, 6) is 0.615. The molecule has 0 saturated carbocycles. The topological polar surface area (TPSA) is 58.2 Å². The van der Waals surface area contributed by atoms with Crippen LogP contribution < -0.4 is 10.0 Å². The molecular formula is C9H20N2O2S. The van der Waals surface area contributed by atoms with E-state index in [1.54, 1.807) is 0 Å². The quantitative estimate of drug-likeness (QED) is 0.677. The fourth-order valence-corrected chi connectivity index (χ4v) is 2.58. The molecule has 14 heavy (non-hydrogen) atoms. The van der Waals surface area contributed by atoms with Crippen molar-refractivity contribution in [2.45, 2.75) is 32.7 Å². The number of rotatable bonds is 6. The van der Waals surface area contributed by atoms with Gasteiger partial charge in [0.1, 0.15) is 0 Å². The third-order valence-electron chi connectivity index (χ3n) is 2.37. The molecule has 0 aromatic carbocycles. The van der Waals surface area contributed by atoms with Crippen LogP contribution >= 0.6 is 0 Å². The Morgan fingerprint density at radius 2 is 2.14 bits per heavy atom. The van der Waals surface area contributed by atoms with E-state index in [-0.39, 0.29) is 5.75 Å². The maximum Gasteiger partial charge on any atom is 0.211 e. The normalized spacial score (nSPS) is 22.4. The van der Waals surface area contributed by atoms with Gasteiger partial charge in [-0.1, -0.05) is 13.8 Å². The second-order valence-corrected chi connectivity index (χ2v) is 6.22. The summed E-state index contributed by atoms with van der Waals surface area (Å²) in [7, 11) is -3.04. The van der Waals surface area contributed by atoms with Crippen molar-refractivity contribution in [1.29, 1.82) is 0 Å². The Kier molecular flexibility index (Phi) is 4.34. The van der Waals surface area contributed by atoms with Gasteiger partial charge in [-0.3, -0.25) is 0 Å². The number of hydrogen-bond donors (Lipinski definition) is 2. The minimum Gasteiger partial charge on any atom is -0.314 e. The minimum absolute atomic E-state index is 0.247. The van der Waals surface area contributed by atoms with Gasteiger partial charge in [-0.2, -0.15) is 0 Å². The van der Waals surface area contributed by atoms with Gasteiger partial charge in [-0.05, 0) is 25.3 Å². The van der Waals surface area contributed by atoms with Gasteiger partial charge in [0.25, 0.3) is 0 Å². The van der Waals surface area contributed by atoms with Crippen LogP contribution in [0.3, 0.4) is 0 Å². The van der Waals surface area contributed by atoms with Gasteiger partial charge in [0.2, 0.25) is 10.0 Å². The average molecular weight is 220 g/mol. The Balaban J connectivity index is 2.19. The summed E-state index contributed by atoms with van der Waals surface area (Å²) in [4.78, 5) is 0. The van der Waals surface area contributed by atoms with Gasteiger partial charge in [-0.15, -0.1) is 0 Å². The summed E-state index contributed by atoms with van der Waals surface area (Å²) < 4.78 is 25.5. The van der Waals surface area contributed by atoms with Crippen molar-refractivity contribution in [3.8, 4) is 0 Å². The Morgan fingerprint density at radius 3 is 2.57 bits per heavy atom. The standard InChI is InChI=1S/C9H20N2O2S/c1-8(2)7-11-14(12,13)6-4-9-3-5-10-9/h8-11H,3-7H2,1-2H3. The zero-order chi connectivity index (χ0) is 10.6. The summed E-state index contributed by atoms with van der Waals surface area (Å²) in [5.41, 5.74) is 0. The average Bonchev–Trinajstić information content (AvgIpc) is 1.98. The first kappa shape index (κ1) is 11.9. The Hall–Kier alpha value is -0.130. The molecule has 0 spiro atoms. The van der Waals surface area contributed by atoms with E-state index in [1.807, 2.05) is 13.8 Å². The van der Waals surface area contributed by atoms with Crippen LogP contribution in [0.5, 0.6) is 0 Å². The van der Waals surface area contributed by atoms with Crippen molar-refractivity contribution in [3.05, 3.63) is 0 Å². The molecule has 1 aliphatic heterocycles. The molecule has 0 aliphatic carbocycles. The largest absolute Gasteiger partial charge is 0.314 e. The molecule has 84 valence electrons. The SMILES string of the molecule is CC(C)CNS(=O)(=O)CCC1CCN1. The minimum atomic E-state index is -3.04. The van der Waals surface area contributed by atoms with Gasteiger partial charge in [-0.25, -0.2) is 13.1 Å². The molecule has 1 saturated heterocycles. The maximum absolute atomic E-state index is 11.4. The lowest BCUT2D eigenvalue weighted by molar-refractivity contribution is 0.361. The molecule has 0 aromatic rings. The Bertz CT molecular complexity index is 258. The lowest BCUT2D eigenvalue weighted by Crippen LogP contribution is -2.44. The molecule has 1 aliphatic rings. The van der Waals surface area contributed by atoms with Gasteiger partial charge < -0.3 is 5.32 Å². The molecule has 1 heterocycles. The maximum atomic E-state index is 11.4. The molecule has 1 fully saturated rings. The number of hydrogen-bond acceptors (Lipinski definition) is 3. The highest BCUT2D eigenvalue weighted by Gasteiger charge is 2.19. The fourth-order valence-electron chi connectivity index (χ4n) is 1.26. The highest BCUT2D eigenvalue weighted by Crippen LogP contribution is 2.07. The smallest absolute Gasteiger partial charge is 0.211 e. The summed E-state index contributed by atoms with van der Waals surface area (Å²) in [6.07, 6.45) is 1.84. The molecule has 1 unspecified atom stereocenters. The second kappa shape index (κ2) is 5.09. The number of sulfonamides is 1. The Labute approximate surface area is 86.5 Å². The third kappa shape index (κ3) is 4.39. The van der Waals surface area contributed by atoms with Crippen molar-refractivity contribution in [2.75, 3.05) is 18.8 Å². The third-order valence-corrected chi connectivity index (χ3v) is 3.75. The molecule has 4 nitrogen and oxygen atoms in total. The van der Waals surface area contributed by atoms with Gasteiger partial charge in [0.15, 0.2) is 0 Å². The summed E-state index contributed by atoms with van der Waals surface area (Å²) in [6, 6.07) is 0.422. The first-order chi connectivity index (χ1) is 6.49. The van der Waals surface area contributed by atoms with Crippen LogP contribution in [0.15, 0.2) is 0 Å². The zero-order valence-electron chi connectivity index (χ0n) is 8.91. The molecule has 0 amide bonds. The van der Waals surface area contributed by atoms with Crippen LogP contribution in [0.4, 0.5) is 0 Å². The molecule has 0 radical (unpaired) electrons. The van der Waals surface area contributed by atoms with E-state index in [2.05, 4.69) is 10.0 Å². The monoisotopic (exact) mass is 220 g/mol. The van der Waals surface area contributed by atoms with E-state index in [4.69, 9.17) is 0 Å². The highest BCUT2D eigenvalue weighted by atomic mass is 32.2. The molecule has 5 heteroatoms. The number of nitrogens with one attached hydrogen (secondary N) is 2. The lowest BCUT2D eigenvalue weighted by atomic mass is 10.1. The van der Waals surface area contributed by atoms with Crippen molar-refractivity contribution >= 4 is 10.0 Å². The van der Waals surface area contributed by atoms with Crippen molar-refractivity contribution in [3.63, 3.8) is 0 Å². The van der Waals surface area contributed by atoms with Crippen LogP contribution in [0, 0.1) is 5.92 Å². The van der Waals surface area contributed by atoms with E-state index < -0.39 is 10.0 Å². The van der Waals surface area contributed by atoms with Gasteiger partial charge in [0, 0.05) is 12.6 Å². The molecule has 0 aromatic heterocycles. The van der Waals surface area contributed by atoms with Crippen LogP contribution in [0.1, 0.15) is 26.7 Å². The second-order valence-electron chi connectivity index (χ2n) is 4.29. The van der Waals surface area contributed by atoms with E-state index in [0.29, 0.717) is 18.5 Å². The summed E-state index contributed by atoms with van der Waals surface area (Å²) in [5, 5.41) is 3.19. The highest BCUT2D eigenvalue weighted by molar-refractivity contribution is 7.89. The predicted octanol–water partition coefficient (Wildman–Crippen LogP) is 0.314. The van der Waals surface area contributed by atoms with Gasteiger partial charge in [0.05, 0.1) is 5.75 Å². The van der Waals surface area contributed by atoms with Crippen LogP contribution in [0.2, 0.25) is 0 Å². The van der Waals surface area contributed by atoms with Gasteiger partial charge >= 0.3 is 0 Å². The van der Waals surface area contributed by atoms with E-state index in [1.165, 1.54) is 0 Å². The van der Waals surface area contributed by atoms with E-state index >= 15 is 0 Å². The van der Waals surface area contributed by atoms with Crippen LogP contribution in [-0.4, -0.2) is 33.3 Å². The predicted molar refractivity (Wildman–Crippen MR) is 57.7 cm³/mol. The summed E-state index contributed by atoms with van der Waals surface area (Å²) >= 11 is 0.